The average molecular weight is 511 g/mol. The Morgan fingerprint density at radius 1 is 1.22 bits per heavy atom. The van der Waals surface area contributed by atoms with Crippen molar-refractivity contribution in [2.75, 3.05) is 18.6 Å². The number of carbonyl (C=O) groups excluding carboxylic acids is 2. The number of anilines is 1. The van der Waals surface area contributed by atoms with Crippen molar-refractivity contribution in [3.05, 3.63) is 23.5 Å². The Kier molecular flexibility index (Phi) is 6.66. The molecule has 2 amide bonds. The predicted molar refractivity (Wildman–Crippen MR) is 139 cm³/mol. The Morgan fingerprint density at radius 3 is 2.70 bits per heavy atom. The highest BCUT2D eigenvalue weighted by Crippen LogP contribution is 2.41. The summed E-state index contributed by atoms with van der Waals surface area (Å²) < 4.78 is 7.28. The Morgan fingerprint density at radius 2 is 2.00 bits per heavy atom. The number of rotatable bonds is 4. The molecule has 200 valence electrons. The molecule has 2 aromatic rings. The van der Waals surface area contributed by atoms with E-state index in [1.54, 1.807) is 4.90 Å². The highest BCUT2D eigenvalue weighted by Gasteiger charge is 2.36. The lowest BCUT2D eigenvalue weighted by atomic mass is 9.82. The first kappa shape index (κ1) is 25.5. The zero-order chi connectivity index (χ0) is 26.5. The van der Waals surface area contributed by atoms with E-state index in [9.17, 15) is 19.5 Å². The van der Waals surface area contributed by atoms with E-state index in [4.69, 9.17) is 9.72 Å². The monoisotopic (exact) mass is 510 g/mol. The van der Waals surface area contributed by atoms with Gasteiger partial charge in [-0.05, 0) is 63.0 Å². The van der Waals surface area contributed by atoms with Crippen molar-refractivity contribution in [2.24, 2.45) is 11.3 Å². The molecule has 9 nitrogen and oxygen atoms in total. The number of hydrogen-bond donors (Lipinski definition) is 1. The van der Waals surface area contributed by atoms with E-state index in [-0.39, 0.29) is 35.4 Å². The van der Waals surface area contributed by atoms with Gasteiger partial charge in [-0.2, -0.15) is 0 Å². The summed E-state index contributed by atoms with van der Waals surface area (Å²) in [5, 5.41) is 9.74. The molecule has 37 heavy (non-hydrogen) atoms. The maximum absolute atomic E-state index is 13.0. The van der Waals surface area contributed by atoms with Crippen LogP contribution in [-0.4, -0.2) is 57.2 Å². The first-order valence-corrected chi connectivity index (χ1v) is 13.5. The van der Waals surface area contributed by atoms with Gasteiger partial charge < -0.3 is 19.3 Å². The van der Waals surface area contributed by atoms with Gasteiger partial charge >= 0.3 is 12.1 Å². The fraction of sp³-hybridized carbons (Fsp3) is 0.643. The number of ether oxygens (including phenoxy) is 1. The van der Waals surface area contributed by atoms with Gasteiger partial charge in [0, 0.05) is 30.6 Å². The summed E-state index contributed by atoms with van der Waals surface area (Å²) in [4.78, 5) is 46.2. The van der Waals surface area contributed by atoms with E-state index in [1.165, 1.54) is 7.11 Å². The Balaban J connectivity index is 1.60. The van der Waals surface area contributed by atoms with E-state index in [1.807, 2.05) is 24.0 Å². The number of aromatic nitrogens is 2. The van der Waals surface area contributed by atoms with Crippen molar-refractivity contribution < 1.29 is 24.2 Å². The van der Waals surface area contributed by atoms with Crippen molar-refractivity contribution in [1.29, 1.82) is 0 Å². The number of piperidine rings is 1. The van der Waals surface area contributed by atoms with Gasteiger partial charge in [-0.15, -0.1) is 0 Å². The minimum absolute atomic E-state index is 0.00108. The van der Waals surface area contributed by atoms with Crippen LogP contribution in [0.4, 0.5) is 10.5 Å². The number of hydrogen-bond acceptors (Lipinski definition) is 5. The fourth-order valence-corrected chi connectivity index (χ4v) is 6.47. The summed E-state index contributed by atoms with van der Waals surface area (Å²) in [5.41, 5.74) is 3.62. The zero-order valence-corrected chi connectivity index (χ0v) is 22.3. The lowest BCUT2D eigenvalue weighted by Crippen LogP contribution is -2.42. The molecule has 1 unspecified atom stereocenters. The van der Waals surface area contributed by atoms with Crippen LogP contribution in [0.5, 0.6) is 0 Å². The first-order chi connectivity index (χ1) is 17.6. The van der Waals surface area contributed by atoms with Crippen molar-refractivity contribution in [3.8, 4) is 0 Å². The molecular weight excluding hydrogens is 472 g/mol. The molecule has 5 rings (SSSR count). The third-order valence-electron chi connectivity index (χ3n) is 8.63. The average Bonchev–Trinajstić information content (AvgIpc) is 3.23. The molecule has 1 saturated heterocycles. The van der Waals surface area contributed by atoms with E-state index in [0.29, 0.717) is 32.4 Å². The summed E-state index contributed by atoms with van der Waals surface area (Å²) in [6, 6.07) is 3.99. The lowest BCUT2D eigenvalue weighted by Gasteiger charge is -2.37. The number of methoxy groups -OCH3 is 1. The van der Waals surface area contributed by atoms with Crippen LogP contribution >= 0.6 is 0 Å². The van der Waals surface area contributed by atoms with Crippen LogP contribution in [0.25, 0.3) is 11.0 Å². The van der Waals surface area contributed by atoms with Crippen LogP contribution in [0.2, 0.25) is 0 Å². The second kappa shape index (κ2) is 9.65. The van der Waals surface area contributed by atoms with Crippen LogP contribution in [-0.2, 0) is 27.3 Å². The number of nitrogens with zero attached hydrogens (tertiary/aromatic N) is 4. The SMILES string of the molecule is COC(=O)N1c2ccc3c(nc(CN4CCC(C)(C)CC4=O)n3[C@@H]3CCC[C@@H](C(=O)O)C3)c2CCC1C. The van der Waals surface area contributed by atoms with Crippen molar-refractivity contribution in [1.82, 2.24) is 14.5 Å². The number of carboxylic acids is 1. The molecule has 3 heterocycles. The minimum Gasteiger partial charge on any atom is -0.481 e. The van der Waals surface area contributed by atoms with Crippen LogP contribution in [0.3, 0.4) is 0 Å². The molecule has 1 N–H and O–H groups in total. The Bertz CT molecular complexity index is 1230. The molecular formula is C28H38N4O5. The van der Waals surface area contributed by atoms with Gasteiger partial charge in [0.1, 0.15) is 5.82 Å². The smallest absolute Gasteiger partial charge is 0.414 e. The summed E-state index contributed by atoms with van der Waals surface area (Å²) in [5.74, 6) is -0.190. The molecule has 1 aromatic carbocycles. The van der Waals surface area contributed by atoms with Gasteiger partial charge in [-0.25, -0.2) is 9.78 Å². The molecule has 1 saturated carbocycles. The van der Waals surface area contributed by atoms with Crippen molar-refractivity contribution in [3.63, 3.8) is 0 Å². The molecule has 0 radical (unpaired) electrons. The number of benzene rings is 1. The molecule has 2 aliphatic heterocycles. The number of carboxylic acid groups (broad SMARTS) is 1. The maximum Gasteiger partial charge on any atom is 0.414 e. The van der Waals surface area contributed by atoms with Gasteiger partial charge in [0.05, 0.1) is 36.3 Å². The standard InChI is InChI=1S/C28H38N4O5/c1-17-8-9-20-21(31(17)27(36)37-4)10-11-22-25(20)29-23(16-30-13-12-28(2,3)15-24(30)33)32(22)19-7-5-6-18(14-19)26(34)35/h10-11,17-19H,5-9,12-16H2,1-4H3,(H,34,35)/t17?,18-,19-/m1/s1. The highest BCUT2D eigenvalue weighted by atomic mass is 16.5. The number of amides is 2. The van der Waals surface area contributed by atoms with Gasteiger partial charge in [-0.3, -0.25) is 14.5 Å². The van der Waals surface area contributed by atoms with Crippen molar-refractivity contribution in [2.45, 2.75) is 90.8 Å². The first-order valence-electron chi connectivity index (χ1n) is 13.5. The number of fused-ring (bicyclic) bond motifs is 3. The minimum atomic E-state index is -0.746. The van der Waals surface area contributed by atoms with Crippen LogP contribution in [0.1, 0.15) is 83.1 Å². The number of imidazole rings is 1. The number of carbonyl (C=O) groups is 3. The quantitative estimate of drug-likeness (QED) is 0.627. The second-order valence-corrected chi connectivity index (χ2v) is 11.8. The van der Waals surface area contributed by atoms with E-state index >= 15 is 0 Å². The molecule has 1 aliphatic carbocycles. The largest absolute Gasteiger partial charge is 0.481 e. The summed E-state index contributed by atoms with van der Waals surface area (Å²) >= 11 is 0. The maximum atomic E-state index is 13.0. The summed E-state index contributed by atoms with van der Waals surface area (Å²) in [7, 11) is 1.40. The molecule has 1 aromatic heterocycles. The van der Waals surface area contributed by atoms with Gasteiger partial charge in [0.25, 0.3) is 0 Å². The Hall–Kier alpha value is -3.10. The normalized spacial score (nSPS) is 25.7. The highest BCUT2D eigenvalue weighted by molar-refractivity contribution is 5.95. The van der Waals surface area contributed by atoms with Crippen LogP contribution in [0, 0.1) is 11.3 Å². The van der Waals surface area contributed by atoms with Gasteiger partial charge in [-0.1, -0.05) is 20.3 Å². The molecule has 3 atom stereocenters. The molecule has 0 bridgehead atoms. The Labute approximate surface area is 217 Å². The molecule has 0 spiro atoms. The molecule has 9 heteroatoms. The van der Waals surface area contributed by atoms with E-state index < -0.39 is 5.97 Å². The second-order valence-electron chi connectivity index (χ2n) is 11.8. The number of likely N-dealkylation sites (tertiary alicyclic amines) is 1. The third-order valence-corrected chi connectivity index (χ3v) is 8.63. The van der Waals surface area contributed by atoms with Gasteiger partial charge in [0.2, 0.25) is 5.91 Å². The topological polar surface area (TPSA) is 105 Å². The van der Waals surface area contributed by atoms with Crippen LogP contribution < -0.4 is 4.90 Å². The zero-order valence-electron chi connectivity index (χ0n) is 22.3. The third kappa shape index (κ3) is 4.68. The van der Waals surface area contributed by atoms with Crippen LogP contribution in [0.15, 0.2) is 12.1 Å². The lowest BCUT2D eigenvalue weighted by molar-refractivity contribution is -0.143. The fourth-order valence-electron chi connectivity index (χ4n) is 6.47. The predicted octanol–water partition coefficient (Wildman–Crippen LogP) is 4.91. The van der Waals surface area contributed by atoms with Crippen molar-refractivity contribution >= 4 is 34.7 Å². The summed E-state index contributed by atoms with van der Waals surface area (Å²) in [6.07, 6.45) is 5.62. The molecule has 2 fully saturated rings. The van der Waals surface area contributed by atoms with E-state index in [0.717, 1.165) is 60.2 Å². The number of aliphatic carboxylic acids is 1. The number of aryl methyl sites for hydroxylation is 1. The van der Waals surface area contributed by atoms with Gasteiger partial charge in [0.15, 0.2) is 0 Å². The molecule has 3 aliphatic rings. The summed E-state index contributed by atoms with van der Waals surface area (Å²) in [6.45, 7) is 7.37. The van der Waals surface area contributed by atoms with E-state index in [2.05, 4.69) is 18.4 Å².